The fraction of sp³-hybridized carbons (Fsp3) is 0.0769. The maximum Gasteiger partial charge on any atom is 0.137 e. The summed E-state index contributed by atoms with van der Waals surface area (Å²) >= 11 is 7.61. The van der Waals surface area contributed by atoms with Crippen LogP contribution in [0.15, 0.2) is 35.8 Å². The number of nitrogens with zero attached hydrogens (tertiary/aromatic N) is 3. The van der Waals surface area contributed by atoms with Crippen LogP contribution in [0.1, 0.15) is 5.69 Å². The van der Waals surface area contributed by atoms with Crippen molar-refractivity contribution in [2.75, 3.05) is 0 Å². The molecule has 0 atom stereocenters. The molecule has 0 radical (unpaired) electrons. The lowest BCUT2D eigenvalue weighted by atomic mass is 10.2. The van der Waals surface area contributed by atoms with Crippen molar-refractivity contribution in [3.05, 3.63) is 46.6 Å². The van der Waals surface area contributed by atoms with Crippen molar-refractivity contribution in [3.8, 4) is 16.6 Å². The molecule has 0 N–H and O–H groups in total. The van der Waals surface area contributed by atoms with E-state index >= 15 is 0 Å². The molecule has 18 heavy (non-hydrogen) atoms. The maximum atomic E-state index is 8.97. The standard InChI is InChI=1S/C13H8ClN3S/c14-9-3-4-12-16-13(11-2-1-7-18-11)10(5-6-15)17(12)8-9/h1-4,7-8H,5H2. The molecule has 3 nitrogen and oxygen atoms in total. The Balaban J connectivity index is 2.31. The van der Waals surface area contributed by atoms with Gasteiger partial charge in [-0.1, -0.05) is 17.7 Å². The largest absolute Gasteiger partial charge is 0.301 e. The summed E-state index contributed by atoms with van der Waals surface area (Å²) in [6.45, 7) is 0. The van der Waals surface area contributed by atoms with Crippen molar-refractivity contribution in [2.45, 2.75) is 6.42 Å². The third kappa shape index (κ3) is 1.78. The van der Waals surface area contributed by atoms with Gasteiger partial charge in [-0.25, -0.2) is 4.98 Å². The lowest BCUT2D eigenvalue weighted by molar-refractivity contribution is 1.06. The monoisotopic (exact) mass is 273 g/mol. The van der Waals surface area contributed by atoms with Crippen LogP contribution in [0.25, 0.3) is 16.2 Å². The molecule has 5 heteroatoms. The van der Waals surface area contributed by atoms with E-state index in [1.54, 1.807) is 23.6 Å². The smallest absolute Gasteiger partial charge is 0.137 e. The topological polar surface area (TPSA) is 41.1 Å². The lowest BCUT2D eigenvalue weighted by Crippen LogP contribution is -1.92. The fourth-order valence-corrected chi connectivity index (χ4v) is 2.82. The maximum absolute atomic E-state index is 8.97. The van der Waals surface area contributed by atoms with Gasteiger partial charge >= 0.3 is 0 Å². The van der Waals surface area contributed by atoms with E-state index in [-0.39, 0.29) is 0 Å². The van der Waals surface area contributed by atoms with Gasteiger partial charge in [-0.15, -0.1) is 11.3 Å². The Bertz CT molecular complexity index is 738. The molecule has 0 fully saturated rings. The quantitative estimate of drug-likeness (QED) is 0.713. The number of nitriles is 1. The number of thiophene rings is 1. The predicted molar refractivity (Wildman–Crippen MR) is 72.8 cm³/mol. The summed E-state index contributed by atoms with van der Waals surface area (Å²) in [4.78, 5) is 5.65. The van der Waals surface area contributed by atoms with Gasteiger partial charge in [0.25, 0.3) is 0 Å². The average molecular weight is 274 g/mol. The molecule has 3 rings (SSSR count). The van der Waals surface area contributed by atoms with Crippen LogP contribution in [0.2, 0.25) is 5.02 Å². The molecule has 0 saturated carbocycles. The number of halogens is 1. The van der Waals surface area contributed by atoms with Crippen molar-refractivity contribution in [1.82, 2.24) is 9.38 Å². The molecule has 88 valence electrons. The second-order valence-electron chi connectivity index (χ2n) is 3.79. The highest BCUT2D eigenvalue weighted by molar-refractivity contribution is 7.13. The van der Waals surface area contributed by atoms with E-state index in [9.17, 15) is 0 Å². The molecule has 0 amide bonds. The molecule has 0 aromatic carbocycles. The van der Waals surface area contributed by atoms with Crippen LogP contribution in [0.4, 0.5) is 0 Å². The summed E-state index contributed by atoms with van der Waals surface area (Å²) in [6.07, 6.45) is 2.11. The number of imidazole rings is 1. The van der Waals surface area contributed by atoms with Crippen molar-refractivity contribution < 1.29 is 0 Å². The highest BCUT2D eigenvalue weighted by atomic mass is 35.5. The van der Waals surface area contributed by atoms with E-state index in [0.717, 1.165) is 21.9 Å². The number of hydrogen-bond donors (Lipinski definition) is 0. The van der Waals surface area contributed by atoms with E-state index in [2.05, 4.69) is 11.1 Å². The minimum atomic E-state index is 0.314. The summed E-state index contributed by atoms with van der Waals surface area (Å²) in [5, 5.41) is 11.6. The van der Waals surface area contributed by atoms with Crippen LogP contribution in [-0.4, -0.2) is 9.38 Å². The molecule has 3 heterocycles. The Morgan fingerprint density at radius 2 is 2.28 bits per heavy atom. The summed E-state index contributed by atoms with van der Waals surface area (Å²) in [5.41, 5.74) is 2.57. The van der Waals surface area contributed by atoms with Gasteiger partial charge in [-0.2, -0.15) is 5.26 Å². The lowest BCUT2D eigenvalue weighted by Gasteiger charge is -1.99. The Hall–Kier alpha value is -1.83. The fourth-order valence-electron chi connectivity index (χ4n) is 1.92. The molecule has 0 spiro atoms. The number of aromatic nitrogens is 2. The third-order valence-electron chi connectivity index (χ3n) is 2.68. The van der Waals surface area contributed by atoms with Crippen LogP contribution in [-0.2, 0) is 6.42 Å². The van der Waals surface area contributed by atoms with Gasteiger partial charge < -0.3 is 4.40 Å². The molecule has 3 aromatic rings. The molecule has 0 unspecified atom stereocenters. The van der Waals surface area contributed by atoms with E-state index in [0.29, 0.717) is 11.4 Å². The predicted octanol–water partition coefficient (Wildman–Crippen LogP) is 3.78. The van der Waals surface area contributed by atoms with Gasteiger partial charge in [0, 0.05) is 6.20 Å². The normalized spacial score (nSPS) is 10.7. The number of hydrogen-bond acceptors (Lipinski definition) is 3. The highest BCUT2D eigenvalue weighted by Gasteiger charge is 2.14. The second kappa shape index (κ2) is 4.45. The van der Waals surface area contributed by atoms with Gasteiger partial charge in [-0.05, 0) is 23.6 Å². The summed E-state index contributed by atoms with van der Waals surface area (Å²) in [6, 6.07) is 9.84. The molecule has 0 bridgehead atoms. The molecule has 0 aliphatic rings. The highest BCUT2D eigenvalue weighted by Crippen LogP contribution is 2.29. The van der Waals surface area contributed by atoms with Crippen LogP contribution >= 0.6 is 22.9 Å². The summed E-state index contributed by atoms with van der Waals surface area (Å²) in [5.74, 6) is 0. The first-order valence-corrected chi connectivity index (χ1v) is 6.62. The SMILES string of the molecule is N#CCc1c(-c2cccs2)nc2ccc(Cl)cn12. The van der Waals surface area contributed by atoms with E-state index in [1.807, 2.05) is 28.0 Å². The van der Waals surface area contributed by atoms with Crippen molar-refractivity contribution >= 4 is 28.6 Å². The van der Waals surface area contributed by atoms with Crippen molar-refractivity contribution in [2.24, 2.45) is 0 Å². The molecular formula is C13H8ClN3S. The second-order valence-corrected chi connectivity index (χ2v) is 5.18. The van der Waals surface area contributed by atoms with Crippen LogP contribution in [0, 0.1) is 11.3 Å². The van der Waals surface area contributed by atoms with Gasteiger partial charge in [0.2, 0.25) is 0 Å². The molecule has 0 aliphatic carbocycles. The Morgan fingerprint density at radius 1 is 1.39 bits per heavy atom. The molecular weight excluding hydrogens is 266 g/mol. The summed E-state index contributed by atoms with van der Waals surface area (Å²) < 4.78 is 1.89. The molecule has 3 aromatic heterocycles. The number of fused-ring (bicyclic) bond motifs is 1. The first-order chi connectivity index (χ1) is 8.79. The van der Waals surface area contributed by atoms with Gasteiger partial charge in [0.1, 0.15) is 11.3 Å². The molecule has 0 saturated heterocycles. The zero-order chi connectivity index (χ0) is 12.5. The Kier molecular flexibility index (Phi) is 2.78. The first-order valence-electron chi connectivity index (χ1n) is 5.37. The van der Waals surface area contributed by atoms with Crippen molar-refractivity contribution in [3.63, 3.8) is 0 Å². The minimum Gasteiger partial charge on any atom is -0.301 e. The summed E-state index contributed by atoms with van der Waals surface area (Å²) in [7, 11) is 0. The first kappa shape index (κ1) is 11.3. The van der Waals surface area contributed by atoms with Gasteiger partial charge in [0.05, 0.1) is 28.1 Å². The van der Waals surface area contributed by atoms with Crippen LogP contribution in [0.5, 0.6) is 0 Å². The average Bonchev–Trinajstić information content (AvgIpc) is 2.98. The van der Waals surface area contributed by atoms with Crippen LogP contribution < -0.4 is 0 Å². The zero-order valence-electron chi connectivity index (χ0n) is 9.30. The van der Waals surface area contributed by atoms with Gasteiger partial charge in [-0.3, -0.25) is 0 Å². The minimum absolute atomic E-state index is 0.314. The van der Waals surface area contributed by atoms with E-state index in [1.165, 1.54) is 0 Å². The molecule has 0 aliphatic heterocycles. The van der Waals surface area contributed by atoms with Crippen LogP contribution in [0.3, 0.4) is 0 Å². The number of pyridine rings is 1. The Morgan fingerprint density at radius 3 is 3.00 bits per heavy atom. The third-order valence-corrected chi connectivity index (χ3v) is 3.78. The van der Waals surface area contributed by atoms with E-state index < -0.39 is 0 Å². The Labute approximate surface area is 113 Å². The van der Waals surface area contributed by atoms with Gasteiger partial charge in [0.15, 0.2) is 0 Å². The van der Waals surface area contributed by atoms with E-state index in [4.69, 9.17) is 16.9 Å². The van der Waals surface area contributed by atoms with Crippen molar-refractivity contribution in [1.29, 1.82) is 5.26 Å². The number of rotatable bonds is 2. The zero-order valence-corrected chi connectivity index (χ0v) is 10.9.